The van der Waals surface area contributed by atoms with Gasteiger partial charge in [0, 0.05) is 41.7 Å². The lowest BCUT2D eigenvalue weighted by molar-refractivity contribution is -0.00426. The third-order valence-electron chi connectivity index (χ3n) is 6.98. The molecule has 2 aliphatic rings. The molecule has 0 bridgehead atoms. The van der Waals surface area contributed by atoms with Gasteiger partial charge < -0.3 is 10.0 Å². The first kappa shape index (κ1) is 18.5. The molecule has 1 saturated carbocycles. The van der Waals surface area contributed by atoms with E-state index in [9.17, 15) is 14.3 Å². The predicted octanol–water partition coefficient (Wildman–Crippen LogP) is 4.65. The summed E-state index contributed by atoms with van der Waals surface area (Å²) in [4.78, 5) is 19.7. The minimum absolute atomic E-state index is 0.00596. The second-order valence-corrected chi connectivity index (χ2v) is 8.64. The zero-order valence-electron chi connectivity index (χ0n) is 16.8. The smallest absolute Gasteiger partial charge is 0.254 e. The molecule has 0 unspecified atom stereocenters. The molecule has 6 rings (SSSR count). The molecule has 4 nitrogen and oxygen atoms in total. The number of benzene rings is 3. The van der Waals surface area contributed by atoms with Gasteiger partial charge in [0.05, 0.1) is 11.6 Å². The number of nitrogens with zero attached hydrogens (tertiary/aromatic N) is 2. The van der Waals surface area contributed by atoms with E-state index in [4.69, 9.17) is 0 Å². The summed E-state index contributed by atoms with van der Waals surface area (Å²) >= 11 is 0. The van der Waals surface area contributed by atoms with Crippen molar-refractivity contribution in [2.45, 2.75) is 12.5 Å². The Hall–Kier alpha value is -3.31. The van der Waals surface area contributed by atoms with Crippen molar-refractivity contribution in [2.75, 3.05) is 13.1 Å². The van der Waals surface area contributed by atoms with Crippen LogP contribution in [0.1, 0.15) is 16.8 Å². The van der Waals surface area contributed by atoms with Crippen molar-refractivity contribution < 1.29 is 14.3 Å². The first-order valence-electron chi connectivity index (χ1n) is 10.6. The summed E-state index contributed by atoms with van der Waals surface area (Å²) < 4.78 is 14.3. The van der Waals surface area contributed by atoms with Crippen molar-refractivity contribution in [3.05, 3.63) is 78.2 Å². The number of carbonyl (C=O) groups is 1. The summed E-state index contributed by atoms with van der Waals surface area (Å²) in [5.74, 6) is 0.340. The van der Waals surface area contributed by atoms with E-state index in [-0.39, 0.29) is 23.7 Å². The minimum atomic E-state index is -0.297. The molecule has 1 aliphatic heterocycles. The fraction of sp³-hybridized carbons (Fsp3) is 0.231. The van der Waals surface area contributed by atoms with E-state index in [2.05, 4.69) is 4.98 Å². The van der Waals surface area contributed by atoms with Crippen LogP contribution in [0.5, 0.6) is 0 Å². The first-order chi connectivity index (χ1) is 15.1. The largest absolute Gasteiger partial charge is 0.393 e. The Morgan fingerprint density at radius 2 is 1.71 bits per heavy atom. The summed E-state index contributed by atoms with van der Waals surface area (Å²) in [6.07, 6.45) is 2.18. The Balaban J connectivity index is 1.48. The summed E-state index contributed by atoms with van der Waals surface area (Å²) in [6, 6.07) is 18.3. The number of aliphatic hydroxyl groups is 1. The Morgan fingerprint density at radius 1 is 0.935 bits per heavy atom. The maximum absolute atomic E-state index is 14.3. The van der Waals surface area contributed by atoms with Crippen LogP contribution >= 0.6 is 0 Å². The summed E-state index contributed by atoms with van der Waals surface area (Å²) in [7, 11) is 0. The zero-order valence-corrected chi connectivity index (χ0v) is 16.8. The number of pyridine rings is 1. The van der Waals surface area contributed by atoms with Gasteiger partial charge >= 0.3 is 0 Å². The Bertz CT molecular complexity index is 1350. The van der Waals surface area contributed by atoms with Gasteiger partial charge in [-0.3, -0.25) is 9.78 Å². The number of carbonyl (C=O) groups excluding carboxylic acids is 1. The molecule has 31 heavy (non-hydrogen) atoms. The van der Waals surface area contributed by atoms with Gasteiger partial charge in [-0.2, -0.15) is 0 Å². The molecule has 2 heterocycles. The third-order valence-corrected chi connectivity index (χ3v) is 6.98. The maximum Gasteiger partial charge on any atom is 0.254 e. The number of amides is 1. The summed E-state index contributed by atoms with van der Waals surface area (Å²) in [6.45, 7) is 1.33. The van der Waals surface area contributed by atoms with E-state index < -0.39 is 0 Å². The van der Waals surface area contributed by atoms with Crippen LogP contribution in [-0.2, 0) is 0 Å². The standard InChI is InChI=1S/C26H21FN2O2/c27-23-10-9-19(25-21(23)6-3-11-28-25)18-7-8-20(17-5-2-1-4-16(17)18)26(31)29-13-15-12-24(30)22(15)14-29/h1-11,15,22,24,30H,12-14H2/t15-,22+,24-/m0/s1. The van der Waals surface area contributed by atoms with Gasteiger partial charge in [-0.15, -0.1) is 0 Å². The third kappa shape index (κ3) is 2.77. The lowest BCUT2D eigenvalue weighted by Crippen LogP contribution is -2.39. The molecular weight excluding hydrogens is 391 g/mol. The van der Waals surface area contributed by atoms with Crippen LogP contribution in [0.2, 0.25) is 0 Å². The highest BCUT2D eigenvalue weighted by Crippen LogP contribution is 2.42. The maximum atomic E-state index is 14.3. The average Bonchev–Trinajstić information content (AvgIpc) is 3.16. The minimum Gasteiger partial charge on any atom is -0.393 e. The number of likely N-dealkylation sites (tertiary alicyclic amines) is 1. The molecular formula is C26H21FN2O2. The molecule has 2 fully saturated rings. The molecule has 5 heteroatoms. The highest BCUT2D eigenvalue weighted by Gasteiger charge is 2.47. The van der Waals surface area contributed by atoms with E-state index in [0.29, 0.717) is 35.5 Å². The van der Waals surface area contributed by atoms with Gasteiger partial charge in [-0.05, 0) is 59.0 Å². The van der Waals surface area contributed by atoms with Crippen LogP contribution in [0, 0.1) is 17.7 Å². The molecule has 1 N–H and O–H groups in total. The molecule has 154 valence electrons. The topological polar surface area (TPSA) is 53.4 Å². The van der Waals surface area contributed by atoms with Crippen LogP contribution in [-0.4, -0.2) is 40.1 Å². The molecule has 0 spiro atoms. The van der Waals surface area contributed by atoms with Crippen LogP contribution in [0.25, 0.3) is 32.8 Å². The lowest BCUT2D eigenvalue weighted by atomic mass is 9.74. The number of hydrogen-bond acceptors (Lipinski definition) is 3. The van der Waals surface area contributed by atoms with Gasteiger partial charge in [0.1, 0.15) is 5.82 Å². The van der Waals surface area contributed by atoms with Crippen molar-refractivity contribution in [3.63, 3.8) is 0 Å². The number of halogens is 1. The van der Waals surface area contributed by atoms with Crippen molar-refractivity contribution in [2.24, 2.45) is 11.8 Å². The normalized spacial score (nSPS) is 22.5. The van der Waals surface area contributed by atoms with E-state index >= 15 is 0 Å². The molecule has 0 radical (unpaired) electrons. The van der Waals surface area contributed by atoms with Crippen LogP contribution in [0.15, 0.2) is 66.9 Å². The van der Waals surface area contributed by atoms with E-state index in [1.165, 1.54) is 6.07 Å². The molecule has 1 aliphatic carbocycles. The lowest BCUT2D eigenvalue weighted by Gasteiger charge is -2.34. The Morgan fingerprint density at radius 3 is 2.52 bits per heavy atom. The molecule has 1 saturated heterocycles. The second kappa shape index (κ2) is 6.86. The van der Waals surface area contributed by atoms with Gasteiger partial charge in [-0.1, -0.05) is 30.3 Å². The number of hydrogen-bond donors (Lipinski definition) is 1. The highest BCUT2D eigenvalue weighted by molar-refractivity contribution is 6.12. The van der Waals surface area contributed by atoms with Crippen molar-refractivity contribution in [1.29, 1.82) is 0 Å². The molecule has 3 atom stereocenters. The molecule has 4 aromatic rings. The van der Waals surface area contributed by atoms with Gasteiger partial charge in [0.25, 0.3) is 5.91 Å². The summed E-state index contributed by atoms with van der Waals surface area (Å²) in [5.41, 5.74) is 3.04. The first-order valence-corrected chi connectivity index (χ1v) is 10.6. The van der Waals surface area contributed by atoms with Gasteiger partial charge in [-0.25, -0.2) is 4.39 Å². The van der Waals surface area contributed by atoms with Crippen LogP contribution in [0.3, 0.4) is 0 Å². The zero-order chi connectivity index (χ0) is 21.1. The Labute approximate surface area is 178 Å². The second-order valence-electron chi connectivity index (χ2n) is 8.64. The van der Waals surface area contributed by atoms with E-state index in [0.717, 1.165) is 28.3 Å². The monoisotopic (exact) mass is 412 g/mol. The SMILES string of the molecule is O=C(c1ccc(-c2ccc(F)c3cccnc23)c2ccccc12)N1C[C@@H]2C[C@H](O)[C@@H]2C1. The fourth-order valence-electron chi connectivity index (χ4n) is 5.28. The summed E-state index contributed by atoms with van der Waals surface area (Å²) in [5, 5.41) is 12.3. The highest BCUT2D eigenvalue weighted by atomic mass is 19.1. The van der Waals surface area contributed by atoms with Crippen LogP contribution < -0.4 is 0 Å². The van der Waals surface area contributed by atoms with Crippen molar-refractivity contribution in [3.8, 4) is 11.1 Å². The molecule has 1 amide bonds. The molecule has 1 aromatic heterocycles. The number of aliphatic hydroxyl groups excluding tert-OH is 1. The molecule has 3 aromatic carbocycles. The van der Waals surface area contributed by atoms with E-state index in [1.54, 1.807) is 24.4 Å². The number of fused-ring (bicyclic) bond motifs is 3. The van der Waals surface area contributed by atoms with Gasteiger partial charge in [0.2, 0.25) is 0 Å². The van der Waals surface area contributed by atoms with Crippen LogP contribution in [0.4, 0.5) is 4.39 Å². The number of aromatic nitrogens is 1. The predicted molar refractivity (Wildman–Crippen MR) is 118 cm³/mol. The number of rotatable bonds is 2. The van der Waals surface area contributed by atoms with Crippen molar-refractivity contribution >= 4 is 27.6 Å². The van der Waals surface area contributed by atoms with Crippen molar-refractivity contribution in [1.82, 2.24) is 9.88 Å². The van der Waals surface area contributed by atoms with E-state index in [1.807, 2.05) is 41.3 Å². The average molecular weight is 412 g/mol. The fourth-order valence-corrected chi connectivity index (χ4v) is 5.28. The van der Waals surface area contributed by atoms with Gasteiger partial charge in [0.15, 0.2) is 0 Å². The quantitative estimate of drug-likeness (QED) is 0.522. The Kier molecular flexibility index (Phi) is 4.08.